The topological polar surface area (TPSA) is 106 Å². The molecule has 0 amide bonds. The normalized spacial score (nSPS) is 15.7. The molecule has 2 aromatic carbocycles. The second-order valence-electron chi connectivity index (χ2n) is 9.09. The molecule has 10 nitrogen and oxygen atoms in total. The molecule has 1 N–H and O–H groups in total. The van der Waals surface area contributed by atoms with E-state index in [0.29, 0.717) is 31.0 Å². The molecule has 0 unspecified atom stereocenters. The van der Waals surface area contributed by atoms with E-state index >= 15 is 0 Å². The summed E-state index contributed by atoms with van der Waals surface area (Å²) >= 11 is 0. The van der Waals surface area contributed by atoms with Gasteiger partial charge in [0.1, 0.15) is 17.5 Å². The van der Waals surface area contributed by atoms with Crippen molar-refractivity contribution in [2.24, 2.45) is 7.05 Å². The molecule has 1 saturated heterocycles. The summed E-state index contributed by atoms with van der Waals surface area (Å²) in [6, 6.07) is 11.2. The van der Waals surface area contributed by atoms with Crippen molar-refractivity contribution in [3.63, 3.8) is 0 Å². The number of likely N-dealkylation sites (tertiary alicyclic amines) is 1. The number of carbonyl (C=O) groups is 1. The number of anilines is 2. The van der Waals surface area contributed by atoms with Crippen molar-refractivity contribution in [3.05, 3.63) is 55.0 Å². The van der Waals surface area contributed by atoms with E-state index in [4.69, 9.17) is 14.5 Å². The Morgan fingerprint density at radius 3 is 2.54 bits per heavy atom. The average Bonchev–Trinajstić information content (AvgIpc) is 3.57. The molecule has 0 radical (unpaired) electrons. The van der Waals surface area contributed by atoms with Crippen LogP contribution in [0.1, 0.15) is 12.8 Å². The van der Waals surface area contributed by atoms with Crippen LogP contribution in [0, 0.1) is 0 Å². The fourth-order valence-electron chi connectivity index (χ4n) is 4.82. The van der Waals surface area contributed by atoms with Gasteiger partial charge in [-0.15, -0.1) is 0 Å². The van der Waals surface area contributed by atoms with Gasteiger partial charge in [-0.3, -0.25) is 19.4 Å². The lowest BCUT2D eigenvalue weighted by molar-refractivity contribution is -0.142. The second-order valence-corrected chi connectivity index (χ2v) is 9.09. The molecule has 1 atom stereocenters. The van der Waals surface area contributed by atoms with Crippen LogP contribution >= 0.6 is 0 Å². The summed E-state index contributed by atoms with van der Waals surface area (Å²) in [5, 5.41) is 13.9. The molecule has 0 spiro atoms. The number of ether oxygens (including phenoxy) is 2. The van der Waals surface area contributed by atoms with Crippen molar-refractivity contribution in [1.82, 2.24) is 24.6 Å². The molecule has 3 heterocycles. The maximum Gasteiger partial charge on any atom is 0.320 e. The number of benzene rings is 2. The van der Waals surface area contributed by atoms with Crippen LogP contribution in [0.4, 0.5) is 11.4 Å². The Hall–Kier alpha value is -4.18. The molecule has 37 heavy (non-hydrogen) atoms. The third-order valence-electron chi connectivity index (χ3n) is 6.75. The molecule has 1 aliphatic heterocycles. The molecule has 192 valence electrons. The number of carboxylic acid groups (broad SMARTS) is 1. The number of hydrogen-bond acceptors (Lipinski definition) is 8. The zero-order valence-electron chi connectivity index (χ0n) is 21.2. The molecule has 4 aromatic rings. The van der Waals surface area contributed by atoms with Gasteiger partial charge in [-0.1, -0.05) is 0 Å². The van der Waals surface area contributed by atoms with Gasteiger partial charge in [0.05, 0.1) is 43.3 Å². The number of methoxy groups -OCH3 is 2. The largest absolute Gasteiger partial charge is 0.497 e. The van der Waals surface area contributed by atoms with E-state index in [1.807, 2.05) is 54.5 Å². The van der Waals surface area contributed by atoms with Crippen LogP contribution in [0.3, 0.4) is 0 Å². The smallest absolute Gasteiger partial charge is 0.320 e. The number of rotatable bonds is 9. The van der Waals surface area contributed by atoms with E-state index in [9.17, 15) is 9.90 Å². The Balaban J connectivity index is 1.54. The van der Waals surface area contributed by atoms with Crippen LogP contribution in [-0.2, 0) is 11.8 Å². The summed E-state index contributed by atoms with van der Waals surface area (Å²) in [6.45, 7) is 1.93. The van der Waals surface area contributed by atoms with E-state index in [2.05, 4.69) is 15.0 Å². The molecule has 1 fully saturated rings. The van der Waals surface area contributed by atoms with Crippen molar-refractivity contribution < 1.29 is 19.4 Å². The number of aromatic nitrogens is 4. The molecular formula is C27H30N6O4. The van der Waals surface area contributed by atoms with Crippen LogP contribution in [0.15, 0.2) is 55.0 Å². The zero-order valence-corrected chi connectivity index (χ0v) is 21.2. The van der Waals surface area contributed by atoms with E-state index < -0.39 is 12.0 Å². The van der Waals surface area contributed by atoms with Crippen molar-refractivity contribution in [2.75, 3.05) is 38.8 Å². The maximum absolute atomic E-state index is 11.8. The fraction of sp³-hybridized carbons (Fsp3) is 0.333. The number of aryl methyl sites for hydroxylation is 1. The van der Waals surface area contributed by atoms with Gasteiger partial charge >= 0.3 is 5.97 Å². The number of carboxylic acids is 1. The number of fused-ring (bicyclic) bond motifs is 1. The van der Waals surface area contributed by atoms with Crippen molar-refractivity contribution >= 4 is 28.4 Å². The monoisotopic (exact) mass is 502 g/mol. The van der Waals surface area contributed by atoms with E-state index in [0.717, 1.165) is 46.6 Å². The minimum atomic E-state index is -0.768. The number of nitrogens with zero attached hydrogens (tertiary/aromatic N) is 6. The first-order valence-electron chi connectivity index (χ1n) is 12.2. The highest BCUT2D eigenvalue weighted by Crippen LogP contribution is 2.34. The van der Waals surface area contributed by atoms with Gasteiger partial charge in [0.2, 0.25) is 0 Å². The average molecular weight is 503 g/mol. The summed E-state index contributed by atoms with van der Waals surface area (Å²) in [7, 11) is 5.11. The van der Waals surface area contributed by atoms with Crippen LogP contribution in [-0.4, -0.2) is 75.6 Å². The van der Waals surface area contributed by atoms with Gasteiger partial charge in [-0.25, -0.2) is 4.98 Å². The third-order valence-corrected chi connectivity index (χ3v) is 6.75. The van der Waals surface area contributed by atoms with Gasteiger partial charge in [0, 0.05) is 61.5 Å². The summed E-state index contributed by atoms with van der Waals surface area (Å²) in [6.07, 6.45) is 6.98. The Kier molecular flexibility index (Phi) is 6.91. The van der Waals surface area contributed by atoms with Gasteiger partial charge in [0.25, 0.3) is 0 Å². The summed E-state index contributed by atoms with van der Waals surface area (Å²) in [4.78, 5) is 25.4. The molecular weight excluding hydrogens is 472 g/mol. The minimum Gasteiger partial charge on any atom is -0.497 e. The SMILES string of the molecule is COc1cc(OC)cc(N(CCN2CCC[C@@H]2C(=O)O)c2ccc3ncc(-c4cnn(C)c4)nc3c2)c1. The van der Waals surface area contributed by atoms with Gasteiger partial charge in [-0.2, -0.15) is 5.10 Å². The lowest BCUT2D eigenvalue weighted by Gasteiger charge is -2.29. The van der Waals surface area contributed by atoms with E-state index in [-0.39, 0.29) is 0 Å². The maximum atomic E-state index is 11.8. The van der Waals surface area contributed by atoms with Gasteiger partial charge < -0.3 is 19.5 Å². The summed E-state index contributed by atoms with van der Waals surface area (Å²) < 4.78 is 12.8. The predicted octanol–water partition coefficient (Wildman–Crippen LogP) is 3.73. The second kappa shape index (κ2) is 10.4. The molecule has 0 saturated carbocycles. The molecule has 5 rings (SSSR count). The van der Waals surface area contributed by atoms with Crippen LogP contribution in [0.5, 0.6) is 11.5 Å². The summed E-state index contributed by atoms with van der Waals surface area (Å²) in [5.41, 5.74) is 4.96. The van der Waals surface area contributed by atoms with Crippen molar-refractivity contribution in [2.45, 2.75) is 18.9 Å². The van der Waals surface area contributed by atoms with E-state index in [1.165, 1.54) is 0 Å². The Bertz CT molecular complexity index is 1400. The molecule has 0 aliphatic carbocycles. The Labute approximate surface area is 215 Å². The van der Waals surface area contributed by atoms with E-state index in [1.54, 1.807) is 31.3 Å². The quantitative estimate of drug-likeness (QED) is 0.366. The zero-order chi connectivity index (χ0) is 25.9. The number of hydrogen-bond donors (Lipinski definition) is 1. The molecule has 2 aromatic heterocycles. The molecule has 10 heteroatoms. The predicted molar refractivity (Wildman–Crippen MR) is 141 cm³/mol. The fourth-order valence-corrected chi connectivity index (χ4v) is 4.82. The van der Waals surface area contributed by atoms with Crippen LogP contribution in [0.25, 0.3) is 22.3 Å². The Morgan fingerprint density at radius 1 is 1.08 bits per heavy atom. The first kappa shape index (κ1) is 24.5. The summed E-state index contributed by atoms with van der Waals surface area (Å²) in [5.74, 6) is 0.572. The van der Waals surface area contributed by atoms with Gasteiger partial charge in [0.15, 0.2) is 0 Å². The highest BCUT2D eigenvalue weighted by atomic mass is 16.5. The highest BCUT2D eigenvalue weighted by Gasteiger charge is 2.30. The van der Waals surface area contributed by atoms with Gasteiger partial charge in [-0.05, 0) is 37.6 Å². The lowest BCUT2D eigenvalue weighted by atomic mass is 10.2. The van der Waals surface area contributed by atoms with Crippen molar-refractivity contribution in [1.29, 1.82) is 0 Å². The first-order valence-corrected chi connectivity index (χ1v) is 12.2. The lowest BCUT2D eigenvalue weighted by Crippen LogP contribution is -2.40. The number of aliphatic carboxylic acids is 1. The highest BCUT2D eigenvalue weighted by molar-refractivity contribution is 5.82. The standard InChI is InChI=1S/C27H30N6O4/c1-31-17-18(15-29-31)25-16-28-23-7-6-19(13-24(23)30-25)33(10-9-32-8-4-5-26(32)27(34)35)20-11-21(36-2)14-22(12-20)37-3/h6-7,11-17,26H,4-5,8-10H2,1-3H3,(H,34,35)/t26-/m1/s1. The van der Waals surface area contributed by atoms with Crippen molar-refractivity contribution in [3.8, 4) is 22.8 Å². The minimum absolute atomic E-state index is 0.453. The molecule has 1 aliphatic rings. The van der Waals surface area contributed by atoms with Crippen LogP contribution < -0.4 is 14.4 Å². The Morgan fingerprint density at radius 2 is 1.86 bits per heavy atom. The third kappa shape index (κ3) is 5.19. The first-order chi connectivity index (χ1) is 17.9. The molecule has 0 bridgehead atoms. The van der Waals surface area contributed by atoms with Crippen LogP contribution in [0.2, 0.25) is 0 Å².